The predicted octanol–water partition coefficient (Wildman–Crippen LogP) is 2.42. The van der Waals surface area contributed by atoms with E-state index in [2.05, 4.69) is 30.7 Å². The molecule has 3 atom stereocenters. The lowest BCUT2D eigenvalue weighted by atomic mass is 10.0. The van der Waals surface area contributed by atoms with Gasteiger partial charge < -0.3 is 0 Å². The standard InChI is InChI=1S/C16H23FN2O/c1-11-9-19(10-12(2)18(11)4)13(3)16(20)14-5-7-15(17)8-6-14/h5-8,11-13H,9-10H2,1-4H3. The quantitative estimate of drug-likeness (QED) is 0.793. The zero-order chi connectivity index (χ0) is 14.9. The van der Waals surface area contributed by atoms with Crippen LogP contribution in [0.4, 0.5) is 4.39 Å². The number of nitrogens with zero attached hydrogens (tertiary/aromatic N) is 2. The number of carbonyl (C=O) groups is 1. The molecule has 0 amide bonds. The number of Topliss-reactive ketones (excluding diaryl/α,β-unsaturated/α-hetero) is 1. The molecule has 1 aromatic rings. The number of rotatable bonds is 3. The van der Waals surface area contributed by atoms with Crippen LogP contribution in [0, 0.1) is 5.82 Å². The SMILES string of the molecule is CC(C(=O)c1ccc(F)cc1)N1CC(C)N(C)C(C)C1. The van der Waals surface area contributed by atoms with E-state index in [0.29, 0.717) is 17.6 Å². The van der Waals surface area contributed by atoms with Gasteiger partial charge in [0.15, 0.2) is 5.78 Å². The Kier molecular flexibility index (Phi) is 4.55. The third-order valence-electron chi connectivity index (χ3n) is 4.44. The first-order valence-corrected chi connectivity index (χ1v) is 7.16. The molecule has 4 heteroatoms. The third kappa shape index (κ3) is 3.07. The molecule has 1 saturated heterocycles. The second kappa shape index (κ2) is 6.02. The van der Waals surface area contributed by atoms with E-state index in [-0.39, 0.29) is 17.6 Å². The molecule has 0 bridgehead atoms. The highest BCUT2D eigenvalue weighted by Gasteiger charge is 2.31. The maximum Gasteiger partial charge on any atom is 0.179 e. The van der Waals surface area contributed by atoms with Crippen molar-refractivity contribution in [1.29, 1.82) is 0 Å². The summed E-state index contributed by atoms with van der Waals surface area (Å²) in [5, 5.41) is 0. The summed E-state index contributed by atoms with van der Waals surface area (Å²) < 4.78 is 12.9. The fourth-order valence-corrected chi connectivity index (χ4v) is 2.78. The Balaban J connectivity index is 2.09. The zero-order valence-corrected chi connectivity index (χ0v) is 12.6. The van der Waals surface area contributed by atoms with Gasteiger partial charge in [0.2, 0.25) is 0 Å². The van der Waals surface area contributed by atoms with Gasteiger partial charge in [0.05, 0.1) is 6.04 Å². The number of hydrogen-bond donors (Lipinski definition) is 0. The van der Waals surface area contributed by atoms with Gasteiger partial charge in [-0.3, -0.25) is 14.6 Å². The van der Waals surface area contributed by atoms with Crippen LogP contribution in [0.5, 0.6) is 0 Å². The lowest BCUT2D eigenvalue weighted by molar-refractivity contribution is 0.0355. The summed E-state index contributed by atoms with van der Waals surface area (Å²) in [6.07, 6.45) is 0. The van der Waals surface area contributed by atoms with E-state index in [1.807, 2.05) is 6.92 Å². The van der Waals surface area contributed by atoms with Gasteiger partial charge in [-0.25, -0.2) is 4.39 Å². The van der Waals surface area contributed by atoms with Crippen LogP contribution in [0.15, 0.2) is 24.3 Å². The predicted molar refractivity (Wildman–Crippen MR) is 78.5 cm³/mol. The largest absolute Gasteiger partial charge is 0.298 e. The molecule has 1 aliphatic heterocycles. The number of ketones is 1. The molecular formula is C16H23FN2O. The highest BCUT2D eigenvalue weighted by Crippen LogP contribution is 2.18. The molecule has 1 fully saturated rings. The second-order valence-corrected chi connectivity index (χ2v) is 5.86. The normalized spacial score (nSPS) is 26.4. The van der Waals surface area contributed by atoms with Crippen LogP contribution in [0.25, 0.3) is 0 Å². The minimum Gasteiger partial charge on any atom is -0.298 e. The molecule has 110 valence electrons. The number of likely N-dealkylation sites (N-methyl/N-ethyl adjacent to an activating group) is 1. The molecule has 3 nitrogen and oxygen atoms in total. The van der Waals surface area contributed by atoms with Crippen molar-refractivity contribution in [3.05, 3.63) is 35.6 Å². The first kappa shape index (κ1) is 15.1. The van der Waals surface area contributed by atoms with Crippen molar-refractivity contribution in [3.8, 4) is 0 Å². The smallest absolute Gasteiger partial charge is 0.179 e. The van der Waals surface area contributed by atoms with Crippen molar-refractivity contribution in [3.63, 3.8) is 0 Å². The average molecular weight is 278 g/mol. The lowest BCUT2D eigenvalue weighted by Gasteiger charge is -2.44. The number of piperazine rings is 1. The van der Waals surface area contributed by atoms with E-state index in [1.165, 1.54) is 12.1 Å². The van der Waals surface area contributed by atoms with Crippen LogP contribution >= 0.6 is 0 Å². The van der Waals surface area contributed by atoms with Gasteiger partial charge in [-0.15, -0.1) is 0 Å². The first-order chi connectivity index (χ1) is 9.40. The highest BCUT2D eigenvalue weighted by atomic mass is 19.1. The Labute approximate surface area is 120 Å². The van der Waals surface area contributed by atoms with Crippen LogP contribution < -0.4 is 0 Å². The van der Waals surface area contributed by atoms with Gasteiger partial charge in [-0.05, 0) is 52.1 Å². The molecule has 1 heterocycles. The maximum atomic E-state index is 12.9. The average Bonchev–Trinajstić information content (AvgIpc) is 2.43. The molecule has 0 saturated carbocycles. The van der Waals surface area contributed by atoms with Crippen LogP contribution in [0.3, 0.4) is 0 Å². The lowest BCUT2D eigenvalue weighted by Crippen LogP contribution is -2.58. The summed E-state index contributed by atoms with van der Waals surface area (Å²) in [5.74, 6) is -0.245. The molecule has 0 N–H and O–H groups in total. The maximum absolute atomic E-state index is 12.9. The minimum absolute atomic E-state index is 0.0638. The van der Waals surface area contributed by atoms with Crippen LogP contribution in [0.1, 0.15) is 31.1 Å². The van der Waals surface area contributed by atoms with E-state index in [9.17, 15) is 9.18 Å². The molecule has 0 spiro atoms. The van der Waals surface area contributed by atoms with Crippen molar-refractivity contribution in [1.82, 2.24) is 9.80 Å². The van der Waals surface area contributed by atoms with Crippen molar-refractivity contribution >= 4 is 5.78 Å². The summed E-state index contributed by atoms with van der Waals surface area (Å²) in [6.45, 7) is 8.07. The van der Waals surface area contributed by atoms with E-state index < -0.39 is 0 Å². The summed E-state index contributed by atoms with van der Waals surface area (Å²) in [4.78, 5) is 17.0. The minimum atomic E-state index is -0.309. The van der Waals surface area contributed by atoms with E-state index in [0.717, 1.165) is 13.1 Å². The summed E-state index contributed by atoms with van der Waals surface area (Å²) >= 11 is 0. The molecule has 1 aromatic carbocycles. The van der Waals surface area contributed by atoms with Crippen molar-refractivity contribution in [2.75, 3.05) is 20.1 Å². The van der Waals surface area contributed by atoms with Crippen molar-refractivity contribution in [2.45, 2.75) is 38.9 Å². The number of halogens is 1. The molecule has 2 rings (SSSR count). The van der Waals surface area contributed by atoms with Gasteiger partial charge in [0, 0.05) is 30.7 Å². The van der Waals surface area contributed by atoms with Crippen molar-refractivity contribution < 1.29 is 9.18 Å². The van der Waals surface area contributed by atoms with Gasteiger partial charge in [0.1, 0.15) is 5.82 Å². The molecular weight excluding hydrogens is 255 g/mol. The molecule has 0 aliphatic carbocycles. The fourth-order valence-electron chi connectivity index (χ4n) is 2.78. The Morgan fingerprint density at radius 3 is 2.20 bits per heavy atom. The van der Waals surface area contributed by atoms with Crippen LogP contribution in [-0.2, 0) is 0 Å². The van der Waals surface area contributed by atoms with E-state index in [1.54, 1.807) is 12.1 Å². The third-order valence-corrected chi connectivity index (χ3v) is 4.44. The molecule has 1 aliphatic rings. The van der Waals surface area contributed by atoms with Crippen molar-refractivity contribution in [2.24, 2.45) is 0 Å². The topological polar surface area (TPSA) is 23.6 Å². The Bertz CT molecular complexity index is 462. The molecule has 3 unspecified atom stereocenters. The zero-order valence-electron chi connectivity index (χ0n) is 12.6. The number of benzene rings is 1. The molecule has 20 heavy (non-hydrogen) atoms. The Morgan fingerprint density at radius 1 is 1.20 bits per heavy atom. The van der Waals surface area contributed by atoms with Crippen LogP contribution in [-0.4, -0.2) is 53.8 Å². The van der Waals surface area contributed by atoms with E-state index in [4.69, 9.17) is 0 Å². The van der Waals surface area contributed by atoms with Crippen LogP contribution in [0.2, 0.25) is 0 Å². The first-order valence-electron chi connectivity index (χ1n) is 7.16. The van der Waals surface area contributed by atoms with Gasteiger partial charge in [-0.2, -0.15) is 0 Å². The Morgan fingerprint density at radius 2 is 1.70 bits per heavy atom. The summed E-state index contributed by atoms with van der Waals surface area (Å²) in [6, 6.07) is 6.52. The second-order valence-electron chi connectivity index (χ2n) is 5.86. The molecule has 0 aromatic heterocycles. The number of hydrogen-bond acceptors (Lipinski definition) is 3. The van der Waals surface area contributed by atoms with Gasteiger partial charge in [0.25, 0.3) is 0 Å². The van der Waals surface area contributed by atoms with Gasteiger partial charge in [-0.1, -0.05) is 0 Å². The Hall–Kier alpha value is -1.26. The highest BCUT2D eigenvalue weighted by molar-refractivity contribution is 5.99. The summed E-state index contributed by atoms with van der Waals surface area (Å²) in [5.41, 5.74) is 0.582. The van der Waals surface area contributed by atoms with Gasteiger partial charge >= 0.3 is 0 Å². The monoisotopic (exact) mass is 278 g/mol. The summed E-state index contributed by atoms with van der Waals surface area (Å²) in [7, 11) is 2.12. The molecule has 0 radical (unpaired) electrons. The van der Waals surface area contributed by atoms with E-state index >= 15 is 0 Å². The fraction of sp³-hybridized carbons (Fsp3) is 0.562. The number of carbonyl (C=O) groups excluding carboxylic acids is 1.